The molecule has 0 bridgehead atoms. The van der Waals surface area contributed by atoms with Crippen LogP contribution in [-0.2, 0) is 4.79 Å². The van der Waals surface area contributed by atoms with Crippen LogP contribution >= 0.6 is 11.8 Å². The summed E-state index contributed by atoms with van der Waals surface area (Å²) >= 11 is 1.36. The van der Waals surface area contributed by atoms with Crippen LogP contribution in [0, 0.1) is 5.92 Å². The van der Waals surface area contributed by atoms with Crippen molar-refractivity contribution >= 4 is 23.5 Å². The number of anilines is 1. The van der Waals surface area contributed by atoms with Gasteiger partial charge in [-0.15, -0.1) is 0 Å². The molecule has 0 atom stereocenters. The molecule has 0 saturated carbocycles. The highest BCUT2D eigenvalue weighted by Gasteiger charge is 2.17. The van der Waals surface area contributed by atoms with Gasteiger partial charge in [-0.3, -0.25) is 10.2 Å². The lowest BCUT2D eigenvalue weighted by Crippen LogP contribution is -2.33. The molecule has 1 aromatic heterocycles. The molecule has 2 heterocycles. The molecule has 0 aromatic carbocycles. The Hall–Kier alpha value is -1.34. The first-order valence-corrected chi connectivity index (χ1v) is 7.37. The van der Waals surface area contributed by atoms with Gasteiger partial charge in [-0.05, 0) is 18.8 Å². The van der Waals surface area contributed by atoms with Crippen molar-refractivity contribution < 1.29 is 4.79 Å². The van der Waals surface area contributed by atoms with Gasteiger partial charge in [0.25, 0.3) is 0 Å². The number of piperidine rings is 1. The molecule has 1 fully saturated rings. The quantitative estimate of drug-likeness (QED) is 0.279. The van der Waals surface area contributed by atoms with Crippen molar-refractivity contribution in [2.24, 2.45) is 11.8 Å². The third-order valence-corrected chi connectivity index (χ3v) is 4.17. The first kappa shape index (κ1) is 14.1. The molecule has 104 valence electrons. The summed E-state index contributed by atoms with van der Waals surface area (Å²) in [5.74, 6) is 6.83. The van der Waals surface area contributed by atoms with Crippen LogP contribution in [0.3, 0.4) is 0 Å². The molecule has 0 spiro atoms. The Labute approximate surface area is 117 Å². The minimum atomic E-state index is -0.211. The fourth-order valence-corrected chi connectivity index (χ4v) is 2.67. The molecule has 6 nitrogen and oxygen atoms in total. The van der Waals surface area contributed by atoms with Gasteiger partial charge in [0.2, 0.25) is 5.91 Å². The number of rotatable bonds is 4. The normalized spacial score (nSPS) is 16.4. The van der Waals surface area contributed by atoms with Crippen molar-refractivity contribution in [2.75, 3.05) is 23.7 Å². The third kappa shape index (κ3) is 4.07. The predicted octanol–water partition coefficient (Wildman–Crippen LogP) is 0.795. The summed E-state index contributed by atoms with van der Waals surface area (Å²) in [7, 11) is 0. The molecular formula is C12H19N5OS. The molecular weight excluding hydrogens is 262 g/mol. The summed E-state index contributed by atoms with van der Waals surface area (Å²) < 4.78 is 0. The Morgan fingerprint density at radius 2 is 2.26 bits per heavy atom. The van der Waals surface area contributed by atoms with Crippen LogP contribution in [0.2, 0.25) is 0 Å². The van der Waals surface area contributed by atoms with E-state index in [1.807, 2.05) is 6.07 Å². The minimum absolute atomic E-state index is 0.211. The molecule has 0 aliphatic carbocycles. The van der Waals surface area contributed by atoms with Gasteiger partial charge in [-0.25, -0.2) is 15.8 Å². The zero-order valence-corrected chi connectivity index (χ0v) is 11.8. The summed E-state index contributed by atoms with van der Waals surface area (Å²) in [4.78, 5) is 21.8. The monoisotopic (exact) mass is 281 g/mol. The standard InChI is InChI=1S/C12H19N5OS/c1-9-2-4-17(5-3-9)10-6-12(15-8-14-10)19-7-11(18)16-13/h6,8-9H,2-5,7,13H2,1H3,(H,16,18). The fourth-order valence-electron chi connectivity index (χ4n) is 2.00. The average molecular weight is 281 g/mol. The van der Waals surface area contributed by atoms with Crippen molar-refractivity contribution in [3.63, 3.8) is 0 Å². The number of nitrogens with zero attached hydrogens (tertiary/aromatic N) is 3. The van der Waals surface area contributed by atoms with E-state index in [1.165, 1.54) is 24.6 Å². The van der Waals surface area contributed by atoms with E-state index in [0.717, 1.165) is 29.9 Å². The Morgan fingerprint density at radius 1 is 1.53 bits per heavy atom. The van der Waals surface area contributed by atoms with E-state index in [4.69, 9.17) is 5.84 Å². The topological polar surface area (TPSA) is 84.1 Å². The van der Waals surface area contributed by atoms with Crippen molar-refractivity contribution in [1.82, 2.24) is 15.4 Å². The largest absolute Gasteiger partial charge is 0.356 e. The molecule has 1 aromatic rings. The fraction of sp³-hybridized carbons (Fsp3) is 0.583. The van der Waals surface area contributed by atoms with Crippen LogP contribution in [0.15, 0.2) is 17.4 Å². The van der Waals surface area contributed by atoms with Crippen molar-refractivity contribution in [3.8, 4) is 0 Å². The lowest BCUT2D eigenvalue weighted by atomic mass is 9.99. The number of aromatic nitrogens is 2. The predicted molar refractivity (Wildman–Crippen MR) is 75.7 cm³/mol. The molecule has 3 N–H and O–H groups in total. The Balaban J connectivity index is 1.96. The maximum absolute atomic E-state index is 11.1. The SMILES string of the molecule is CC1CCN(c2cc(SCC(=O)NN)ncn2)CC1. The summed E-state index contributed by atoms with van der Waals surface area (Å²) in [6, 6.07) is 1.93. The summed E-state index contributed by atoms with van der Waals surface area (Å²) in [6.07, 6.45) is 3.94. The summed E-state index contributed by atoms with van der Waals surface area (Å²) in [5.41, 5.74) is 2.10. The molecule has 0 radical (unpaired) electrons. The third-order valence-electron chi connectivity index (χ3n) is 3.25. The highest BCUT2D eigenvalue weighted by molar-refractivity contribution is 7.99. The number of carbonyl (C=O) groups excluding carboxylic acids is 1. The highest BCUT2D eigenvalue weighted by Crippen LogP contribution is 2.24. The molecule has 7 heteroatoms. The van der Waals surface area contributed by atoms with Gasteiger partial charge in [0, 0.05) is 19.2 Å². The first-order valence-electron chi connectivity index (χ1n) is 6.38. The van der Waals surface area contributed by atoms with E-state index in [1.54, 1.807) is 6.33 Å². The van der Waals surface area contributed by atoms with E-state index in [0.29, 0.717) is 0 Å². The molecule has 19 heavy (non-hydrogen) atoms. The van der Waals surface area contributed by atoms with Gasteiger partial charge in [-0.2, -0.15) is 0 Å². The van der Waals surface area contributed by atoms with Crippen LogP contribution in [0.4, 0.5) is 5.82 Å². The Bertz CT molecular complexity index is 434. The minimum Gasteiger partial charge on any atom is -0.356 e. The van der Waals surface area contributed by atoms with Crippen LogP contribution in [-0.4, -0.2) is 34.7 Å². The molecule has 2 rings (SSSR count). The van der Waals surface area contributed by atoms with Gasteiger partial charge in [0.15, 0.2) is 0 Å². The van der Waals surface area contributed by atoms with Gasteiger partial charge in [0.1, 0.15) is 17.2 Å². The van der Waals surface area contributed by atoms with E-state index in [-0.39, 0.29) is 11.7 Å². The number of hydrogen-bond donors (Lipinski definition) is 2. The van der Waals surface area contributed by atoms with Crippen LogP contribution in [0.1, 0.15) is 19.8 Å². The second-order valence-electron chi connectivity index (χ2n) is 4.74. The smallest absolute Gasteiger partial charge is 0.244 e. The first-order chi connectivity index (χ1) is 9.19. The Morgan fingerprint density at radius 3 is 2.95 bits per heavy atom. The highest BCUT2D eigenvalue weighted by atomic mass is 32.2. The van der Waals surface area contributed by atoms with Gasteiger partial charge in [0.05, 0.1) is 5.75 Å². The number of amides is 1. The molecule has 1 saturated heterocycles. The number of nitrogens with two attached hydrogens (primary N) is 1. The molecule has 1 aliphatic rings. The Kier molecular flexibility index (Phi) is 4.98. The van der Waals surface area contributed by atoms with E-state index in [2.05, 4.69) is 27.2 Å². The number of hydrogen-bond acceptors (Lipinski definition) is 6. The van der Waals surface area contributed by atoms with Crippen LogP contribution in [0.5, 0.6) is 0 Å². The van der Waals surface area contributed by atoms with Gasteiger partial charge >= 0.3 is 0 Å². The van der Waals surface area contributed by atoms with Crippen molar-refractivity contribution in [3.05, 3.63) is 12.4 Å². The maximum Gasteiger partial charge on any atom is 0.244 e. The van der Waals surface area contributed by atoms with E-state index < -0.39 is 0 Å². The van der Waals surface area contributed by atoms with Gasteiger partial charge in [-0.1, -0.05) is 18.7 Å². The lowest BCUT2D eigenvalue weighted by Gasteiger charge is -2.31. The summed E-state index contributed by atoms with van der Waals surface area (Å²) in [6.45, 7) is 4.35. The van der Waals surface area contributed by atoms with E-state index in [9.17, 15) is 4.79 Å². The average Bonchev–Trinajstić information content (AvgIpc) is 2.46. The van der Waals surface area contributed by atoms with Crippen LogP contribution in [0.25, 0.3) is 0 Å². The molecule has 1 amide bonds. The second-order valence-corrected chi connectivity index (χ2v) is 5.74. The zero-order valence-electron chi connectivity index (χ0n) is 11.0. The second kappa shape index (κ2) is 6.72. The zero-order chi connectivity index (χ0) is 13.7. The molecule has 1 aliphatic heterocycles. The number of thioether (sulfide) groups is 1. The van der Waals surface area contributed by atoms with Gasteiger partial charge < -0.3 is 4.90 Å². The number of nitrogens with one attached hydrogen (secondary N) is 1. The van der Waals surface area contributed by atoms with Crippen molar-refractivity contribution in [1.29, 1.82) is 0 Å². The number of carbonyl (C=O) groups is 1. The molecule has 0 unspecified atom stereocenters. The van der Waals surface area contributed by atoms with Crippen molar-refractivity contribution in [2.45, 2.75) is 24.8 Å². The van der Waals surface area contributed by atoms with E-state index >= 15 is 0 Å². The lowest BCUT2D eigenvalue weighted by molar-refractivity contribution is -0.118. The number of hydrazine groups is 1. The maximum atomic E-state index is 11.1. The summed E-state index contributed by atoms with van der Waals surface area (Å²) in [5, 5.41) is 0.798. The van der Waals surface area contributed by atoms with Crippen LogP contribution < -0.4 is 16.2 Å².